The molecule has 0 unspecified atom stereocenters. The van der Waals surface area contributed by atoms with E-state index in [0.29, 0.717) is 25.2 Å². The standard InChI is InChI=1S/C18H22N4O2/c1-2-6-16-15(18(24)21-10-9-19-17(23)13-21)11-20-22(16)12-14-7-4-3-5-8-14/h3-5,7-8,11H,2,6,9-10,12-13H2,1H3,(H,19,23). The van der Waals surface area contributed by atoms with Crippen LogP contribution in [-0.2, 0) is 17.8 Å². The molecule has 1 saturated heterocycles. The van der Waals surface area contributed by atoms with Gasteiger partial charge in [-0.3, -0.25) is 14.3 Å². The summed E-state index contributed by atoms with van der Waals surface area (Å²) in [7, 11) is 0. The number of rotatable bonds is 5. The van der Waals surface area contributed by atoms with Crippen LogP contribution in [0.2, 0.25) is 0 Å². The molecule has 2 heterocycles. The van der Waals surface area contributed by atoms with E-state index in [1.54, 1.807) is 11.1 Å². The van der Waals surface area contributed by atoms with Gasteiger partial charge >= 0.3 is 0 Å². The zero-order valence-corrected chi connectivity index (χ0v) is 13.9. The van der Waals surface area contributed by atoms with Crippen LogP contribution in [0.5, 0.6) is 0 Å². The predicted molar refractivity (Wildman–Crippen MR) is 90.7 cm³/mol. The average molecular weight is 326 g/mol. The lowest BCUT2D eigenvalue weighted by atomic mass is 10.1. The normalized spacial score (nSPS) is 14.5. The van der Waals surface area contributed by atoms with Crippen molar-refractivity contribution in [1.82, 2.24) is 20.0 Å². The van der Waals surface area contributed by atoms with Gasteiger partial charge in [-0.2, -0.15) is 5.10 Å². The molecule has 2 amide bonds. The maximum absolute atomic E-state index is 12.8. The number of nitrogens with one attached hydrogen (secondary N) is 1. The van der Waals surface area contributed by atoms with Crippen LogP contribution >= 0.6 is 0 Å². The second kappa shape index (κ2) is 7.29. The van der Waals surface area contributed by atoms with E-state index in [-0.39, 0.29) is 18.4 Å². The van der Waals surface area contributed by atoms with Crippen LogP contribution in [-0.4, -0.2) is 46.1 Å². The Morgan fingerprint density at radius 3 is 2.79 bits per heavy atom. The summed E-state index contributed by atoms with van der Waals surface area (Å²) in [6, 6.07) is 10.1. The molecular formula is C18H22N4O2. The fourth-order valence-corrected chi connectivity index (χ4v) is 2.96. The lowest BCUT2D eigenvalue weighted by Gasteiger charge is -2.26. The molecule has 0 bridgehead atoms. The first-order chi connectivity index (χ1) is 11.7. The molecule has 1 aliphatic heterocycles. The molecule has 2 aromatic rings. The van der Waals surface area contributed by atoms with Gasteiger partial charge in [0, 0.05) is 13.1 Å². The zero-order chi connectivity index (χ0) is 16.9. The van der Waals surface area contributed by atoms with Crippen molar-refractivity contribution in [2.75, 3.05) is 19.6 Å². The lowest BCUT2D eigenvalue weighted by molar-refractivity contribution is -0.123. The first kappa shape index (κ1) is 16.2. The molecule has 1 aromatic heterocycles. The van der Waals surface area contributed by atoms with E-state index in [1.165, 1.54) is 0 Å². The van der Waals surface area contributed by atoms with Crippen molar-refractivity contribution in [1.29, 1.82) is 0 Å². The number of aromatic nitrogens is 2. The summed E-state index contributed by atoms with van der Waals surface area (Å²) in [6.45, 7) is 3.90. The molecule has 1 fully saturated rings. The summed E-state index contributed by atoms with van der Waals surface area (Å²) in [5, 5.41) is 7.18. The molecular weight excluding hydrogens is 304 g/mol. The van der Waals surface area contributed by atoms with Gasteiger partial charge in [-0.25, -0.2) is 0 Å². The van der Waals surface area contributed by atoms with E-state index in [1.807, 2.05) is 35.0 Å². The van der Waals surface area contributed by atoms with E-state index in [0.717, 1.165) is 24.1 Å². The first-order valence-electron chi connectivity index (χ1n) is 8.33. The van der Waals surface area contributed by atoms with Crippen LogP contribution in [0.4, 0.5) is 0 Å². The maximum Gasteiger partial charge on any atom is 0.257 e. The quantitative estimate of drug-likeness (QED) is 0.904. The zero-order valence-electron chi connectivity index (χ0n) is 13.9. The highest BCUT2D eigenvalue weighted by atomic mass is 16.2. The first-order valence-corrected chi connectivity index (χ1v) is 8.33. The minimum atomic E-state index is -0.108. The SMILES string of the molecule is CCCc1c(C(=O)N2CCNC(=O)C2)cnn1Cc1ccccc1. The molecule has 0 saturated carbocycles. The topological polar surface area (TPSA) is 67.2 Å². The monoisotopic (exact) mass is 326 g/mol. The fourth-order valence-electron chi connectivity index (χ4n) is 2.96. The van der Waals surface area contributed by atoms with Gasteiger partial charge in [0.25, 0.3) is 5.91 Å². The van der Waals surface area contributed by atoms with Crippen molar-refractivity contribution in [3.8, 4) is 0 Å². The Bertz CT molecular complexity index is 724. The Morgan fingerprint density at radius 2 is 2.08 bits per heavy atom. The summed E-state index contributed by atoms with van der Waals surface area (Å²) in [5.74, 6) is -0.212. The average Bonchev–Trinajstić information content (AvgIpc) is 2.98. The summed E-state index contributed by atoms with van der Waals surface area (Å²) in [5.41, 5.74) is 2.70. The molecule has 1 aliphatic rings. The van der Waals surface area contributed by atoms with Crippen LogP contribution in [0.3, 0.4) is 0 Å². The van der Waals surface area contributed by atoms with Crippen molar-refractivity contribution in [2.45, 2.75) is 26.3 Å². The van der Waals surface area contributed by atoms with Gasteiger partial charge in [-0.15, -0.1) is 0 Å². The number of piperazine rings is 1. The fraction of sp³-hybridized carbons (Fsp3) is 0.389. The third-order valence-corrected chi connectivity index (χ3v) is 4.17. The van der Waals surface area contributed by atoms with Crippen molar-refractivity contribution in [2.24, 2.45) is 0 Å². The second-order valence-corrected chi connectivity index (χ2v) is 5.97. The maximum atomic E-state index is 12.8. The Kier molecular flexibility index (Phi) is 4.93. The van der Waals surface area contributed by atoms with Crippen LogP contribution in [0, 0.1) is 0 Å². The lowest BCUT2D eigenvalue weighted by Crippen LogP contribution is -2.50. The minimum Gasteiger partial charge on any atom is -0.353 e. The van der Waals surface area contributed by atoms with Crippen LogP contribution in [0.15, 0.2) is 36.5 Å². The van der Waals surface area contributed by atoms with Gasteiger partial charge in [0.2, 0.25) is 5.91 Å². The van der Waals surface area contributed by atoms with Gasteiger partial charge in [0.1, 0.15) is 0 Å². The van der Waals surface area contributed by atoms with Crippen molar-refractivity contribution < 1.29 is 9.59 Å². The van der Waals surface area contributed by atoms with Crippen LogP contribution in [0.25, 0.3) is 0 Å². The molecule has 1 aromatic carbocycles. The number of carbonyl (C=O) groups excluding carboxylic acids is 2. The van der Waals surface area contributed by atoms with Crippen molar-refractivity contribution in [3.05, 3.63) is 53.3 Å². The van der Waals surface area contributed by atoms with Gasteiger partial charge in [0.05, 0.1) is 30.5 Å². The molecule has 24 heavy (non-hydrogen) atoms. The number of hydrogen-bond donors (Lipinski definition) is 1. The predicted octanol–water partition coefficient (Wildman–Crippen LogP) is 1.46. The Hall–Kier alpha value is -2.63. The molecule has 0 radical (unpaired) electrons. The van der Waals surface area contributed by atoms with Gasteiger partial charge < -0.3 is 10.2 Å². The van der Waals surface area contributed by atoms with Gasteiger partial charge in [-0.05, 0) is 12.0 Å². The van der Waals surface area contributed by atoms with Gasteiger partial charge in [-0.1, -0.05) is 43.7 Å². The summed E-state index contributed by atoms with van der Waals surface area (Å²) in [6.07, 6.45) is 3.36. The third kappa shape index (κ3) is 3.48. The van der Waals surface area contributed by atoms with E-state index in [9.17, 15) is 9.59 Å². The smallest absolute Gasteiger partial charge is 0.257 e. The van der Waals surface area contributed by atoms with Crippen LogP contribution in [0.1, 0.15) is 35.0 Å². The van der Waals surface area contributed by atoms with E-state index in [2.05, 4.69) is 17.3 Å². The molecule has 0 atom stereocenters. The highest BCUT2D eigenvalue weighted by molar-refractivity contribution is 5.97. The molecule has 126 valence electrons. The van der Waals surface area contributed by atoms with E-state index < -0.39 is 0 Å². The van der Waals surface area contributed by atoms with Crippen molar-refractivity contribution >= 4 is 11.8 Å². The third-order valence-electron chi connectivity index (χ3n) is 4.17. The number of benzene rings is 1. The molecule has 1 N–H and O–H groups in total. The largest absolute Gasteiger partial charge is 0.353 e. The Labute approximate surface area is 141 Å². The highest BCUT2D eigenvalue weighted by Gasteiger charge is 2.26. The molecule has 6 nitrogen and oxygen atoms in total. The number of amides is 2. The number of nitrogens with zero attached hydrogens (tertiary/aromatic N) is 3. The van der Waals surface area contributed by atoms with E-state index in [4.69, 9.17) is 0 Å². The Balaban J connectivity index is 1.85. The number of carbonyl (C=O) groups is 2. The summed E-state index contributed by atoms with van der Waals surface area (Å²) in [4.78, 5) is 25.9. The summed E-state index contributed by atoms with van der Waals surface area (Å²) < 4.78 is 1.90. The summed E-state index contributed by atoms with van der Waals surface area (Å²) >= 11 is 0. The molecule has 0 aliphatic carbocycles. The minimum absolute atomic E-state index is 0.104. The molecule has 6 heteroatoms. The van der Waals surface area contributed by atoms with E-state index >= 15 is 0 Å². The van der Waals surface area contributed by atoms with Crippen molar-refractivity contribution in [3.63, 3.8) is 0 Å². The van der Waals surface area contributed by atoms with Gasteiger partial charge in [0.15, 0.2) is 0 Å². The highest BCUT2D eigenvalue weighted by Crippen LogP contribution is 2.16. The second-order valence-electron chi connectivity index (χ2n) is 5.97. The Morgan fingerprint density at radius 1 is 1.29 bits per heavy atom. The number of hydrogen-bond acceptors (Lipinski definition) is 3. The molecule has 0 spiro atoms. The molecule has 3 rings (SSSR count). The van der Waals surface area contributed by atoms with Crippen LogP contribution < -0.4 is 5.32 Å².